The maximum absolute atomic E-state index is 13.2. The first kappa shape index (κ1) is 46.7. The van der Waals surface area contributed by atoms with Crippen LogP contribution >= 0.6 is 24.4 Å². The number of amides is 5. The molecule has 1 aromatic carbocycles. The Morgan fingerprint density at radius 2 is 1.65 bits per heavy atom. The number of piperazine rings is 1. The first-order valence-electron chi connectivity index (χ1n) is 18.4. The molecule has 1 aliphatic carbocycles. The molecule has 2 saturated heterocycles. The number of urea groups is 1. The lowest BCUT2D eigenvalue weighted by atomic mass is 9.85. The van der Waals surface area contributed by atoms with Crippen molar-refractivity contribution in [3.8, 4) is 0 Å². The number of thiol groups is 1. The number of rotatable bonds is 11. The molecule has 2 heterocycles. The van der Waals surface area contributed by atoms with E-state index >= 15 is 0 Å². The van der Waals surface area contributed by atoms with Crippen molar-refractivity contribution in [3.63, 3.8) is 0 Å². The third-order valence-corrected chi connectivity index (χ3v) is 9.11. The average molecular weight is 768 g/mol. The van der Waals surface area contributed by atoms with Gasteiger partial charge in [0.25, 0.3) is 5.91 Å². The van der Waals surface area contributed by atoms with Crippen molar-refractivity contribution in [2.24, 2.45) is 23.0 Å². The summed E-state index contributed by atoms with van der Waals surface area (Å²) in [6.45, 7) is 18.6. The molecular weight excluding hydrogens is 706 g/mol. The molecule has 2 aliphatic heterocycles. The van der Waals surface area contributed by atoms with Crippen molar-refractivity contribution in [3.05, 3.63) is 29.3 Å². The number of halogens is 1. The van der Waals surface area contributed by atoms with Crippen LogP contribution in [0.5, 0.6) is 0 Å². The number of primary amides is 1. The number of carbonyl (C=O) groups excluding carboxylic acids is 6. The number of nitrogens with two attached hydrogens (primary N) is 1. The maximum Gasteiger partial charge on any atom is 0.315 e. The monoisotopic (exact) mass is 767 g/mol. The lowest BCUT2D eigenvalue weighted by molar-refractivity contribution is -0.138. The lowest BCUT2D eigenvalue weighted by Crippen LogP contribution is -2.58. The molecule has 15 heteroatoms. The van der Waals surface area contributed by atoms with Gasteiger partial charge in [-0.25, -0.2) is 4.79 Å². The van der Waals surface area contributed by atoms with Gasteiger partial charge in [-0.2, -0.15) is 0 Å². The fourth-order valence-electron chi connectivity index (χ4n) is 5.70. The van der Waals surface area contributed by atoms with Crippen molar-refractivity contribution in [2.45, 2.75) is 106 Å². The normalized spacial score (nSPS) is 19.2. The number of Topliss-reactive ketones (excluding diaryl/α,β-unsaturated/α-hetero) is 1. The van der Waals surface area contributed by atoms with Gasteiger partial charge in [0, 0.05) is 43.4 Å². The molecule has 5 N–H and O–H groups in total. The summed E-state index contributed by atoms with van der Waals surface area (Å²) < 4.78 is 2.50. The zero-order valence-electron chi connectivity index (χ0n) is 32.2. The van der Waals surface area contributed by atoms with Crippen LogP contribution in [-0.2, 0) is 24.0 Å². The molecular formula is C37H62ClN7O6S. The number of hydrogen-bond donors (Lipinski definition) is 5. The van der Waals surface area contributed by atoms with Gasteiger partial charge in [0.15, 0.2) is 0 Å². The van der Waals surface area contributed by atoms with E-state index in [0.29, 0.717) is 56.5 Å². The minimum Gasteiger partial charge on any atom is -0.368 e. The fourth-order valence-corrected chi connectivity index (χ4v) is 6.10. The quantitative estimate of drug-likeness (QED) is 0.126. The molecule has 3 fully saturated rings. The number of nitrogens with zero attached hydrogens (tertiary/aromatic N) is 3. The zero-order valence-corrected chi connectivity index (χ0v) is 33.9. The van der Waals surface area contributed by atoms with Gasteiger partial charge < -0.3 is 35.9 Å². The predicted octanol–water partition coefficient (Wildman–Crippen LogP) is 4.22. The number of benzene rings is 1. The average Bonchev–Trinajstić information content (AvgIpc) is 3.86. The molecule has 0 spiro atoms. The van der Waals surface area contributed by atoms with Crippen LogP contribution in [0.4, 0.5) is 10.5 Å². The number of anilines is 1. The molecule has 0 radical (unpaired) electrons. The first-order chi connectivity index (χ1) is 24.6. The van der Waals surface area contributed by atoms with Crippen LogP contribution in [0.2, 0.25) is 5.02 Å². The molecule has 294 valence electrons. The van der Waals surface area contributed by atoms with Gasteiger partial charge >= 0.3 is 6.03 Å². The SMILES string of the molecule is CC.CC1CC(C=O)N(C(=O)C(NC(=O)NCC(=O)N2CCN(c3cccc(Cl)c3)CC2)C(C)(C)C)C1.CCC.NC(=O)C(=O)C(CC1CC1)NS. The molecule has 5 amide bonds. The third-order valence-electron chi connectivity index (χ3n) is 8.57. The highest BCUT2D eigenvalue weighted by Crippen LogP contribution is 2.33. The summed E-state index contributed by atoms with van der Waals surface area (Å²) in [5.74, 6) is -1.13. The van der Waals surface area contributed by atoms with Crippen LogP contribution in [0, 0.1) is 17.3 Å². The Hall–Kier alpha value is -3.36. The second-order valence-electron chi connectivity index (χ2n) is 14.3. The first-order valence-corrected chi connectivity index (χ1v) is 19.2. The Bertz CT molecular complexity index is 1320. The third kappa shape index (κ3) is 15.7. The minimum atomic E-state index is -0.887. The summed E-state index contributed by atoms with van der Waals surface area (Å²) >= 11 is 9.85. The number of aldehydes is 1. The molecule has 4 unspecified atom stereocenters. The predicted molar refractivity (Wildman–Crippen MR) is 210 cm³/mol. The molecule has 4 rings (SSSR count). The van der Waals surface area contributed by atoms with Crippen LogP contribution in [0.1, 0.15) is 87.5 Å². The van der Waals surface area contributed by atoms with Crippen LogP contribution in [0.25, 0.3) is 0 Å². The second kappa shape index (κ2) is 23.3. The number of likely N-dealkylation sites (tertiary alicyclic amines) is 1. The van der Waals surface area contributed by atoms with Crippen molar-refractivity contribution in [2.75, 3.05) is 44.2 Å². The highest BCUT2D eigenvalue weighted by molar-refractivity contribution is 7.78. The minimum absolute atomic E-state index is 0.161. The molecule has 0 aromatic heterocycles. The van der Waals surface area contributed by atoms with Gasteiger partial charge in [0.2, 0.25) is 17.6 Å². The van der Waals surface area contributed by atoms with Crippen molar-refractivity contribution in [1.29, 1.82) is 0 Å². The standard InChI is InChI=1S/C25H36ClN5O4.C7H12N2O2S.C3H8.C2H6/c1-17-12-20(16-32)31(15-17)23(34)22(25(2,3)4)28-24(35)27-14-21(33)30-10-8-29(9-11-30)19-7-5-6-18(26)13-19;8-7(11)6(10)5(9-12)3-4-1-2-4;1-3-2;1-2/h5-7,13,16-17,20,22H,8-12,14-15H2,1-4H3,(H2,27,28,35);4-5,9,12H,1-3H2,(H2,8,11);3H2,1-2H3;1-2H3. The van der Waals surface area contributed by atoms with Crippen molar-refractivity contribution < 1.29 is 28.8 Å². The van der Waals surface area contributed by atoms with Gasteiger partial charge in [-0.1, -0.05) is 105 Å². The van der Waals surface area contributed by atoms with E-state index in [9.17, 15) is 28.8 Å². The fraction of sp³-hybridized carbons (Fsp3) is 0.676. The summed E-state index contributed by atoms with van der Waals surface area (Å²) in [5.41, 5.74) is 5.29. The van der Waals surface area contributed by atoms with Crippen molar-refractivity contribution in [1.82, 2.24) is 25.2 Å². The number of ketones is 1. The largest absolute Gasteiger partial charge is 0.368 e. The van der Waals surface area contributed by atoms with E-state index in [0.717, 1.165) is 24.8 Å². The summed E-state index contributed by atoms with van der Waals surface area (Å²) in [6, 6.07) is 5.23. The number of nitrogens with one attached hydrogen (secondary N) is 3. The second-order valence-corrected chi connectivity index (χ2v) is 15.0. The van der Waals surface area contributed by atoms with E-state index in [1.165, 1.54) is 6.42 Å². The summed E-state index contributed by atoms with van der Waals surface area (Å²) in [6.07, 6.45) is 5.62. The Morgan fingerprint density at radius 1 is 1.06 bits per heavy atom. The topological polar surface area (TPSA) is 174 Å². The summed E-state index contributed by atoms with van der Waals surface area (Å²) in [4.78, 5) is 77.0. The van der Waals surface area contributed by atoms with Gasteiger partial charge in [-0.15, -0.1) is 0 Å². The van der Waals surface area contributed by atoms with Crippen LogP contribution in [-0.4, -0.2) is 103 Å². The van der Waals surface area contributed by atoms with Crippen LogP contribution in [0.15, 0.2) is 24.3 Å². The van der Waals surface area contributed by atoms with Gasteiger partial charge in [0.1, 0.15) is 12.3 Å². The van der Waals surface area contributed by atoms with E-state index in [-0.39, 0.29) is 24.3 Å². The number of hydrogen-bond acceptors (Lipinski definition) is 9. The zero-order chi connectivity index (χ0) is 39.6. The molecule has 1 aromatic rings. The molecule has 52 heavy (non-hydrogen) atoms. The summed E-state index contributed by atoms with van der Waals surface area (Å²) in [5, 5.41) is 6.01. The van der Waals surface area contributed by atoms with E-state index < -0.39 is 41.3 Å². The molecule has 0 bridgehead atoms. The van der Waals surface area contributed by atoms with Crippen LogP contribution < -0.4 is 26.0 Å². The Kier molecular flexibility index (Phi) is 20.9. The van der Waals surface area contributed by atoms with E-state index in [4.69, 9.17) is 17.3 Å². The maximum atomic E-state index is 13.2. The van der Waals surface area contributed by atoms with Crippen LogP contribution in [0.3, 0.4) is 0 Å². The van der Waals surface area contributed by atoms with Crippen molar-refractivity contribution >= 4 is 65.9 Å². The number of carbonyl (C=O) groups is 6. The molecule has 1 saturated carbocycles. The van der Waals surface area contributed by atoms with E-state index in [1.54, 1.807) is 9.80 Å². The molecule has 3 aliphatic rings. The summed E-state index contributed by atoms with van der Waals surface area (Å²) in [7, 11) is 0. The highest BCUT2D eigenvalue weighted by atomic mass is 35.5. The Balaban J connectivity index is 0.000000660. The highest BCUT2D eigenvalue weighted by Gasteiger charge is 2.41. The van der Waals surface area contributed by atoms with Gasteiger partial charge in [-0.3, -0.25) is 23.9 Å². The van der Waals surface area contributed by atoms with Gasteiger partial charge in [0.05, 0.1) is 18.6 Å². The lowest BCUT2D eigenvalue weighted by Gasteiger charge is -2.36. The molecule has 4 atom stereocenters. The van der Waals surface area contributed by atoms with E-state index in [2.05, 4.69) is 46.9 Å². The Labute approximate surface area is 321 Å². The van der Waals surface area contributed by atoms with E-state index in [1.807, 2.05) is 65.8 Å². The van der Waals surface area contributed by atoms with Gasteiger partial charge in [-0.05, 0) is 48.3 Å². The Morgan fingerprint density at radius 3 is 2.13 bits per heavy atom. The smallest absolute Gasteiger partial charge is 0.315 e. The molecule has 13 nitrogen and oxygen atoms in total.